The summed E-state index contributed by atoms with van der Waals surface area (Å²) >= 11 is 0. The molecule has 1 aliphatic heterocycles. The molecule has 0 aromatic heterocycles. The molecule has 29 heavy (non-hydrogen) atoms. The fraction of sp³-hybridized carbons (Fsp3) is 0.238. The number of rotatable bonds is 5. The van der Waals surface area contributed by atoms with Crippen LogP contribution in [0, 0.1) is 5.92 Å². The van der Waals surface area contributed by atoms with E-state index in [-0.39, 0.29) is 24.8 Å². The summed E-state index contributed by atoms with van der Waals surface area (Å²) in [6.45, 7) is 0.204. The molecule has 8 nitrogen and oxygen atoms in total. The molecule has 3 rings (SSSR count). The summed E-state index contributed by atoms with van der Waals surface area (Å²) in [5, 5.41) is 2.76. The molecule has 1 unspecified atom stereocenters. The van der Waals surface area contributed by atoms with Crippen molar-refractivity contribution < 1.29 is 28.7 Å². The Morgan fingerprint density at radius 2 is 1.62 bits per heavy atom. The molecule has 0 bridgehead atoms. The maximum Gasteiger partial charge on any atom is 0.337 e. The van der Waals surface area contributed by atoms with Crippen LogP contribution in [0.2, 0.25) is 0 Å². The average molecular weight is 396 g/mol. The summed E-state index contributed by atoms with van der Waals surface area (Å²) in [6.07, 6.45) is 0.0640. The molecule has 1 atom stereocenters. The maximum absolute atomic E-state index is 12.6. The van der Waals surface area contributed by atoms with E-state index >= 15 is 0 Å². The number of carbonyl (C=O) groups is 4. The van der Waals surface area contributed by atoms with Crippen molar-refractivity contribution in [3.63, 3.8) is 0 Å². The normalized spacial score (nSPS) is 15.7. The third-order valence-electron chi connectivity index (χ3n) is 4.65. The van der Waals surface area contributed by atoms with E-state index in [1.165, 1.54) is 19.1 Å². The SMILES string of the molecule is COC(=O)c1ccc(NC(=O)C2CC(=O)N(c3cccc(C(=O)OC)c3)C2)cc1. The van der Waals surface area contributed by atoms with Crippen molar-refractivity contribution >= 4 is 35.1 Å². The van der Waals surface area contributed by atoms with Gasteiger partial charge in [0.05, 0.1) is 31.3 Å². The highest BCUT2D eigenvalue weighted by atomic mass is 16.5. The molecule has 0 saturated carbocycles. The Hall–Kier alpha value is -3.68. The summed E-state index contributed by atoms with van der Waals surface area (Å²) in [6, 6.07) is 12.8. The fourth-order valence-electron chi connectivity index (χ4n) is 3.10. The second kappa shape index (κ2) is 8.55. The summed E-state index contributed by atoms with van der Waals surface area (Å²) in [4.78, 5) is 49.7. The van der Waals surface area contributed by atoms with Crippen molar-refractivity contribution in [2.45, 2.75) is 6.42 Å². The Kier molecular flexibility index (Phi) is 5.92. The van der Waals surface area contributed by atoms with Gasteiger partial charge in [0.25, 0.3) is 0 Å². The van der Waals surface area contributed by atoms with Crippen molar-refractivity contribution in [1.29, 1.82) is 0 Å². The van der Waals surface area contributed by atoms with Crippen LogP contribution in [0.1, 0.15) is 27.1 Å². The van der Waals surface area contributed by atoms with E-state index in [2.05, 4.69) is 10.1 Å². The Morgan fingerprint density at radius 1 is 0.966 bits per heavy atom. The van der Waals surface area contributed by atoms with Crippen molar-refractivity contribution in [2.24, 2.45) is 5.92 Å². The van der Waals surface area contributed by atoms with Crippen LogP contribution < -0.4 is 10.2 Å². The molecule has 2 aromatic carbocycles. The van der Waals surface area contributed by atoms with Crippen molar-refractivity contribution in [2.75, 3.05) is 31.0 Å². The van der Waals surface area contributed by atoms with Gasteiger partial charge in [0, 0.05) is 24.3 Å². The number of nitrogens with zero attached hydrogens (tertiary/aromatic N) is 1. The first-order chi connectivity index (χ1) is 13.9. The van der Waals surface area contributed by atoms with E-state index in [1.54, 1.807) is 48.5 Å². The van der Waals surface area contributed by atoms with E-state index in [0.29, 0.717) is 22.5 Å². The van der Waals surface area contributed by atoms with Gasteiger partial charge in [-0.25, -0.2) is 9.59 Å². The summed E-state index contributed by atoms with van der Waals surface area (Å²) in [5.74, 6) is -1.99. The summed E-state index contributed by atoms with van der Waals surface area (Å²) in [7, 11) is 2.58. The predicted molar refractivity (Wildman–Crippen MR) is 105 cm³/mol. The smallest absolute Gasteiger partial charge is 0.337 e. The number of hydrogen-bond donors (Lipinski definition) is 1. The third-order valence-corrected chi connectivity index (χ3v) is 4.65. The first-order valence-corrected chi connectivity index (χ1v) is 8.91. The highest BCUT2D eigenvalue weighted by Crippen LogP contribution is 2.27. The first-order valence-electron chi connectivity index (χ1n) is 8.91. The Morgan fingerprint density at radius 3 is 2.28 bits per heavy atom. The van der Waals surface area contributed by atoms with Gasteiger partial charge in [0.15, 0.2) is 0 Å². The standard InChI is InChI=1S/C21H20N2O6/c1-28-20(26)13-6-8-16(9-7-13)22-19(25)15-11-18(24)23(12-15)17-5-3-4-14(10-17)21(27)29-2/h3-10,15H,11-12H2,1-2H3,(H,22,25). The molecule has 0 spiro atoms. The Labute approximate surface area is 167 Å². The zero-order valence-electron chi connectivity index (χ0n) is 16.0. The maximum atomic E-state index is 12.6. The Balaban J connectivity index is 1.67. The van der Waals surface area contributed by atoms with Gasteiger partial charge in [-0.3, -0.25) is 9.59 Å². The summed E-state index contributed by atoms with van der Waals surface area (Å²) in [5.41, 5.74) is 1.76. The number of ether oxygens (including phenoxy) is 2. The molecule has 1 N–H and O–H groups in total. The van der Waals surface area contributed by atoms with Crippen molar-refractivity contribution in [3.05, 3.63) is 59.7 Å². The molecule has 0 aliphatic carbocycles. The molecule has 0 radical (unpaired) electrons. The van der Waals surface area contributed by atoms with Gasteiger partial charge in [-0.2, -0.15) is 0 Å². The van der Waals surface area contributed by atoms with Crippen LogP contribution >= 0.6 is 0 Å². The predicted octanol–water partition coefficient (Wildman–Crippen LogP) is 2.25. The summed E-state index contributed by atoms with van der Waals surface area (Å²) < 4.78 is 9.34. The van der Waals surface area contributed by atoms with Gasteiger partial charge in [0.2, 0.25) is 11.8 Å². The van der Waals surface area contributed by atoms with Crippen LogP contribution in [0.15, 0.2) is 48.5 Å². The van der Waals surface area contributed by atoms with E-state index in [9.17, 15) is 19.2 Å². The fourth-order valence-corrected chi connectivity index (χ4v) is 3.10. The van der Waals surface area contributed by atoms with Crippen molar-refractivity contribution in [3.8, 4) is 0 Å². The largest absolute Gasteiger partial charge is 0.465 e. The molecule has 1 saturated heterocycles. The van der Waals surface area contributed by atoms with Gasteiger partial charge < -0.3 is 19.7 Å². The second-order valence-electron chi connectivity index (χ2n) is 6.51. The van der Waals surface area contributed by atoms with Gasteiger partial charge >= 0.3 is 11.9 Å². The number of hydrogen-bond acceptors (Lipinski definition) is 6. The van der Waals surface area contributed by atoms with E-state index in [0.717, 1.165) is 0 Å². The lowest BCUT2D eigenvalue weighted by Crippen LogP contribution is -2.28. The van der Waals surface area contributed by atoms with E-state index in [4.69, 9.17) is 4.74 Å². The number of methoxy groups -OCH3 is 2. The van der Waals surface area contributed by atoms with Crippen LogP contribution in [0.3, 0.4) is 0 Å². The third kappa shape index (κ3) is 4.43. The highest BCUT2D eigenvalue weighted by Gasteiger charge is 2.35. The van der Waals surface area contributed by atoms with Crippen LogP contribution in [-0.4, -0.2) is 44.5 Å². The van der Waals surface area contributed by atoms with Gasteiger partial charge in [0.1, 0.15) is 0 Å². The van der Waals surface area contributed by atoms with Gasteiger partial charge in [-0.05, 0) is 42.5 Å². The van der Waals surface area contributed by atoms with Crippen molar-refractivity contribution in [1.82, 2.24) is 0 Å². The van der Waals surface area contributed by atoms with E-state index < -0.39 is 17.9 Å². The van der Waals surface area contributed by atoms with Crippen LogP contribution in [-0.2, 0) is 19.1 Å². The average Bonchev–Trinajstić information content (AvgIpc) is 3.15. The van der Waals surface area contributed by atoms with Crippen LogP contribution in [0.4, 0.5) is 11.4 Å². The molecule has 2 aromatic rings. The zero-order chi connectivity index (χ0) is 21.0. The lowest BCUT2D eigenvalue weighted by molar-refractivity contribution is -0.122. The number of amides is 2. The molecule has 1 heterocycles. The number of carbonyl (C=O) groups excluding carboxylic acids is 4. The molecular weight excluding hydrogens is 376 g/mol. The van der Waals surface area contributed by atoms with Gasteiger partial charge in [-0.15, -0.1) is 0 Å². The minimum Gasteiger partial charge on any atom is -0.465 e. The van der Waals surface area contributed by atoms with Crippen LogP contribution in [0.25, 0.3) is 0 Å². The zero-order valence-corrected chi connectivity index (χ0v) is 16.0. The monoisotopic (exact) mass is 396 g/mol. The number of esters is 2. The molecule has 8 heteroatoms. The molecular formula is C21H20N2O6. The minimum atomic E-state index is -0.537. The highest BCUT2D eigenvalue weighted by molar-refractivity contribution is 6.04. The van der Waals surface area contributed by atoms with Gasteiger partial charge in [-0.1, -0.05) is 6.07 Å². The van der Waals surface area contributed by atoms with E-state index in [1.807, 2.05) is 0 Å². The number of nitrogens with one attached hydrogen (secondary N) is 1. The topological polar surface area (TPSA) is 102 Å². The molecule has 1 fully saturated rings. The molecule has 1 aliphatic rings. The number of benzene rings is 2. The second-order valence-corrected chi connectivity index (χ2v) is 6.51. The number of anilines is 2. The Bertz CT molecular complexity index is 954. The first kappa shape index (κ1) is 20.1. The minimum absolute atomic E-state index is 0.0640. The lowest BCUT2D eigenvalue weighted by atomic mass is 10.1. The molecule has 2 amide bonds. The van der Waals surface area contributed by atoms with Crippen LogP contribution in [0.5, 0.6) is 0 Å². The molecule has 150 valence electrons. The lowest BCUT2D eigenvalue weighted by Gasteiger charge is -2.17. The quantitative estimate of drug-likeness (QED) is 0.778.